The van der Waals surface area contributed by atoms with Crippen molar-refractivity contribution in [1.29, 1.82) is 0 Å². The predicted octanol–water partition coefficient (Wildman–Crippen LogP) is 4.06. The summed E-state index contributed by atoms with van der Waals surface area (Å²) >= 11 is 0. The smallest absolute Gasteiger partial charge is 0.347 e. The fraction of sp³-hybridized carbons (Fsp3) is 0.310. The highest BCUT2D eigenvalue weighted by molar-refractivity contribution is 6.18. The molecule has 1 amide bonds. The third-order valence-electron chi connectivity index (χ3n) is 7.03. The van der Waals surface area contributed by atoms with Crippen molar-refractivity contribution in [2.45, 2.75) is 45.7 Å². The summed E-state index contributed by atoms with van der Waals surface area (Å²) in [6.45, 7) is 4.61. The Bertz CT molecular complexity index is 1450. The van der Waals surface area contributed by atoms with Crippen molar-refractivity contribution < 1.29 is 29.3 Å². The number of carboxylic acid groups (broad SMARTS) is 1. The Kier molecular flexibility index (Phi) is 6.75. The summed E-state index contributed by atoms with van der Waals surface area (Å²) in [5.41, 5.74) is 3.84. The van der Waals surface area contributed by atoms with Gasteiger partial charge in [0.25, 0.3) is 5.91 Å². The summed E-state index contributed by atoms with van der Waals surface area (Å²) in [6.07, 6.45) is 2.10. The third kappa shape index (κ3) is 4.23. The first kappa shape index (κ1) is 25.3. The van der Waals surface area contributed by atoms with Crippen LogP contribution < -0.4 is 0 Å². The van der Waals surface area contributed by atoms with Crippen molar-refractivity contribution in [3.8, 4) is 11.1 Å². The van der Waals surface area contributed by atoms with E-state index in [-0.39, 0.29) is 23.5 Å². The van der Waals surface area contributed by atoms with Gasteiger partial charge >= 0.3 is 11.9 Å². The Hall–Kier alpha value is -4.40. The molecule has 0 fully saturated rings. The molecule has 0 radical (unpaired) electrons. The number of carboxylic acids is 1. The molecule has 0 aliphatic carbocycles. The van der Waals surface area contributed by atoms with Gasteiger partial charge in [0.1, 0.15) is 17.6 Å². The number of carbonyl (C=O) groups is 3. The van der Waals surface area contributed by atoms with E-state index >= 15 is 0 Å². The number of ether oxygens (including phenoxy) is 1. The fourth-order valence-electron chi connectivity index (χ4n) is 5.33. The molecular formula is C29H29N3O6. The number of hydrogen-bond donors (Lipinski definition) is 2. The van der Waals surface area contributed by atoms with E-state index in [1.807, 2.05) is 34.9 Å². The van der Waals surface area contributed by atoms with Crippen molar-refractivity contribution in [2.24, 2.45) is 0 Å². The van der Waals surface area contributed by atoms with E-state index in [1.54, 1.807) is 25.1 Å². The summed E-state index contributed by atoms with van der Waals surface area (Å²) in [5.74, 6) is -1.76. The van der Waals surface area contributed by atoms with Gasteiger partial charge in [0.15, 0.2) is 5.57 Å². The number of aromatic carboxylic acids is 1. The molecule has 5 rings (SSSR count). The summed E-state index contributed by atoms with van der Waals surface area (Å²) in [7, 11) is 0. The maximum absolute atomic E-state index is 13.1. The minimum absolute atomic E-state index is 0.102. The third-order valence-corrected chi connectivity index (χ3v) is 7.03. The van der Waals surface area contributed by atoms with Crippen LogP contribution in [0.5, 0.6) is 0 Å². The number of aryl methyl sites for hydroxylation is 1. The topological polar surface area (TPSA) is 122 Å². The normalized spacial score (nSPS) is 16.4. The van der Waals surface area contributed by atoms with Crippen LogP contribution in [0.4, 0.5) is 0 Å². The van der Waals surface area contributed by atoms with Crippen molar-refractivity contribution in [1.82, 2.24) is 14.5 Å². The quantitative estimate of drug-likeness (QED) is 0.343. The highest BCUT2D eigenvalue weighted by Crippen LogP contribution is 2.42. The number of carbonyl (C=O) groups excluding carboxylic acids is 2. The number of aliphatic hydroxyl groups excluding tert-OH is 1. The van der Waals surface area contributed by atoms with Crippen LogP contribution >= 0.6 is 0 Å². The molecule has 2 N–H and O–H groups in total. The number of fused-ring (bicyclic) bond motifs is 3. The molecule has 3 aromatic rings. The van der Waals surface area contributed by atoms with Crippen molar-refractivity contribution in [3.05, 3.63) is 88.2 Å². The van der Waals surface area contributed by atoms with Gasteiger partial charge in [-0.05, 0) is 36.1 Å². The number of hydrogen-bond acceptors (Lipinski definition) is 6. The number of aliphatic hydroxyl groups is 1. The van der Waals surface area contributed by atoms with E-state index in [2.05, 4.69) is 6.92 Å². The molecule has 38 heavy (non-hydrogen) atoms. The number of imidazole rings is 1. The minimum atomic E-state index is -0.982. The number of amides is 1. The number of nitrogens with zero attached hydrogens (tertiary/aromatic N) is 3. The van der Waals surface area contributed by atoms with Crippen LogP contribution in [-0.4, -0.2) is 55.7 Å². The first-order valence-corrected chi connectivity index (χ1v) is 12.8. The van der Waals surface area contributed by atoms with E-state index in [0.717, 1.165) is 29.1 Å². The Morgan fingerprint density at radius 3 is 2.53 bits per heavy atom. The van der Waals surface area contributed by atoms with Crippen molar-refractivity contribution in [3.63, 3.8) is 0 Å². The Morgan fingerprint density at radius 1 is 1.11 bits per heavy atom. The molecule has 2 aromatic carbocycles. The molecule has 1 aromatic heterocycles. The first-order chi connectivity index (χ1) is 18.3. The second-order valence-electron chi connectivity index (χ2n) is 9.38. The predicted molar refractivity (Wildman–Crippen MR) is 139 cm³/mol. The maximum Gasteiger partial charge on any atom is 0.347 e. The van der Waals surface area contributed by atoms with Crippen LogP contribution in [0.15, 0.2) is 59.9 Å². The SMILES string of the molecule is CCCc1nc2c(n1Cc1ccc(-c3ccccc3C(=O)O)cc1)C1C(O)=C(C(=O)OCC)C(=O)N1CC2. The van der Waals surface area contributed by atoms with E-state index in [1.165, 1.54) is 4.90 Å². The Balaban J connectivity index is 1.53. The lowest BCUT2D eigenvalue weighted by Crippen LogP contribution is -2.38. The highest BCUT2D eigenvalue weighted by atomic mass is 16.5. The molecule has 3 heterocycles. The summed E-state index contributed by atoms with van der Waals surface area (Å²) in [6, 6.07) is 13.8. The van der Waals surface area contributed by atoms with Crippen molar-refractivity contribution in [2.75, 3.05) is 13.2 Å². The van der Waals surface area contributed by atoms with Gasteiger partial charge in [-0.2, -0.15) is 0 Å². The molecular weight excluding hydrogens is 486 g/mol. The second kappa shape index (κ2) is 10.2. The molecule has 9 nitrogen and oxygen atoms in total. The van der Waals surface area contributed by atoms with Gasteiger partial charge in [0.2, 0.25) is 0 Å². The Labute approximate surface area is 220 Å². The van der Waals surface area contributed by atoms with Crippen LogP contribution in [0.2, 0.25) is 0 Å². The van der Waals surface area contributed by atoms with Crippen LogP contribution in [0, 0.1) is 0 Å². The molecule has 1 atom stereocenters. The van der Waals surface area contributed by atoms with Gasteiger partial charge in [-0.1, -0.05) is 49.4 Å². The molecule has 0 bridgehead atoms. The van der Waals surface area contributed by atoms with Crippen LogP contribution in [0.3, 0.4) is 0 Å². The second-order valence-corrected chi connectivity index (χ2v) is 9.38. The van der Waals surface area contributed by atoms with Gasteiger partial charge < -0.3 is 24.4 Å². The molecule has 1 unspecified atom stereocenters. The van der Waals surface area contributed by atoms with E-state index in [9.17, 15) is 24.6 Å². The molecule has 0 saturated heterocycles. The standard InChI is InChI=1S/C29H29N3O6/c1-3-7-22-30-21-14-15-31-25(26(33)23(27(31)34)29(37)38-4-2)24(21)32(22)16-17-10-12-18(13-11-17)19-8-5-6-9-20(19)28(35)36/h5-6,8-13,25,33H,3-4,7,14-16H2,1-2H3,(H,35,36). The molecule has 0 spiro atoms. The van der Waals surface area contributed by atoms with E-state index < -0.39 is 23.9 Å². The average molecular weight is 516 g/mol. The molecule has 196 valence electrons. The lowest BCUT2D eigenvalue weighted by atomic mass is 9.98. The zero-order chi connectivity index (χ0) is 27.0. The first-order valence-electron chi connectivity index (χ1n) is 12.8. The van der Waals surface area contributed by atoms with Crippen LogP contribution in [-0.2, 0) is 33.7 Å². The van der Waals surface area contributed by atoms with E-state index in [4.69, 9.17) is 9.72 Å². The lowest BCUT2D eigenvalue weighted by molar-refractivity contribution is -0.141. The van der Waals surface area contributed by atoms with Gasteiger partial charge in [0, 0.05) is 25.9 Å². The van der Waals surface area contributed by atoms with Gasteiger partial charge in [-0.3, -0.25) is 4.79 Å². The van der Waals surface area contributed by atoms with Crippen molar-refractivity contribution >= 4 is 17.8 Å². The summed E-state index contributed by atoms with van der Waals surface area (Å²) < 4.78 is 7.07. The monoisotopic (exact) mass is 515 g/mol. The van der Waals surface area contributed by atoms with Crippen LogP contribution in [0.1, 0.15) is 59.4 Å². The number of esters is 1. The molecule has 2 aliphatic heterocycles. The lowest BCUT2D eigenvalue weighted by Gasteiger charge is -2.31. The van der Waals surface area contributed by atoms with Gasteiger partial charge in [0.05, 0.1) is 23.6 Å². The minimum Gasteiger partial charge on any atom is -0.509 e. The Morgan fingerprint density at radius 2 is 1.84 bits per heavy atom. The number of benzene rings is 2. The summed E-state index contributed by atoms with van der Waals surface area (Å²) in [5, 5.41) is 20.6. The largest absolute Gasteiger partial charge is 0.509 e. The summed E-state index contributed by atoms with van der Waals surface area (Å²) in [4.78, 5) is 43.6. The zero-order valence-electron chi connectivity index (χ0n) is 21.3. The average Bonchev–Trinajstić information content (AvgIpc) is 3.38. The fourth-order valence-corrected chi connectivity index (χ4v) is 5.33. The number of aromatic nitrogens is 2. The molecule has 0 saturated carbocycles. The zero-order valence-corrected chi connectivity index (χ0v) is 21.3. The van der Waals surface area contributed by atoms with Gasteiger partial charge in [-0.15, -0.1) is 0 Å². The van der Waals surface area contributed by atoms with Crippen LogP contribution in [0.25, 0.3) is 11.1 Å². The van der Waals surface area contributed by atoms with E-state index in [0.29, 0.717) is 37.2 Å². The maximum atomic E-state index is 13.1. The molecule has 9 heteroatoms. The van der Waals surface area contributed by atoms with Gasteiger partial charge in [-0.25, -0.2) is 14.6 Å². The molecule has 2 aliphatic rings. The highest BCUT2D eigenvalue weighted by Gasteiger charge is 2.48. The number of rotatable bonds is 8.